The zero-order chi connectivity index (χ0) is 29.8. The monoisotopic (exact) mass is 584 g/mol. The first kappa shape index (κ1) is 30.2. The summed E-state index contributed by atoms with van der Waals surface area (Å²) in [7, 11) is -3.90. The van der Waals surface area contributed by atoms with Gasteiger partial charge in [-0.25, -0.2) is 13.8 Å². The summed E-state index contributed by atoms with van der Waals surface area (Å²) in [6.07, 6.45) is 1.89. The van der Waals surface area contributed by atoms with Crippen molar-refractivity contribution >= 4 is 33.7 Å². The van der Waals surface area contributed by atoms with Gasteiger partial charge in [-0.2, -0.15) is 9.41 Å². The van der Waals surface area contributed by atoms with Gasteiger partial charge >= 0.3 is 0 Å². The molecule has 0 fully saturated rings. The quantitative estimate of drug-likeness (QED) is 0.179. The Bertz CT molecular complexity index is 1590. The number of sulfonamides is 1. The Balaban J connectivity index is 1.29. The molecule has 0 unspecified atom stereocenters. The van der Waals surface area contributed by atoms with Crippen LogP contribution in [0.3, 0.4) is 0 Å². The summed E-state index contributed by atoms with van der Waals surface area (Å²) in [5, 5.41) is 6.74. The summed E-state index contributed by atoms with van der Waals surface area (Å²) in [5.74, 6) is -0.354. The molecule has 0 aliphatic heterocycles. The average Bonchev–Trinajstić information content (AvgIpc) is 3.01. The largest absolute Gasteiger partial charge is 0.484 e. The molecule has 0 saturated heterocycles. The van der Waals surface area contributed by atoms with Gasteiger partial charge in [0.1, 0.15) is 5.75 Å². The molecule has 9 nitrogen and oxygen atoms in total. The van der Waals surface area contributed by atoms with Crippen LogP contribution in [-0.4, -0.2) is 50.4 Å². The Morgan fingerprint density at radius 3 is 2.14 bits per heavy atom. The van der Waals surface area contributed by atoms with Crippen molar-refractivity contribution in [1.82, 2.24) is 9.73 Å². The SMILES string of the molecule is Cc1ccc(NC(=O)COc2ccc(/C=N/NC(=O)CN(CCc3ccccc3)S(=O)(=O)c3ccccc3)cc2)cc1. The van der Waals surface area contributed by atoms with Crippen molar-refractivity contribution in [2.45, 2.75) is 18.2 Å². The van der Waals surface area contributed by atoms with Crippen LogP contribution in [0.15, 0.2) is 119 Å². The lowest BCUT2D eigenvalue weighted by Gasteiger charge is -2.21. The molecule has 0 bridgehead atoms. The minimum atomic E-state index is -3.90. The number of rotatable bonds is 13. The zero-order valence-electron chi connectivity index (χ0n) is 23.1. The predicted molar refractivity (Wildman–Crippen MR) is 163 cm³/mol. The van der Waals surface area contributed by atoms with E-state index in [2.05, 4.69) is 15.8 Å². The van der Waals surface area contributed by atoms with E-state index >= 15 is 0 Å². The van der Waals surface area contributed by atoms with Gasteiger partial charge in [-0.3, -0.25) is 9.59 Å². The Morgan fingerprint density at radius 2 is 1.48 bits per heavy atom. The lowest BCUT2D eigenvalue weighted by Crippen LogP contribution is -2.40. The number of aryl methyl sites for hydroxylation is 1. The Kier molecular flexibility index (Phi) is 10.6. The Morgan fingerprint density at radius 1 is 0.833 bits per heavy atom. The lowest BCUT2D eigenvalue weighted by atomic mass is 10.1. The molecule has 4 aromatic carbocycles. The van der Waals surface area contributed by atoms with Crippen LogP contribution in [0.5, 0.6) is 5.75 Å². The molecule has 4 rings (SSSR count). The van der Waals surface area contributed by atoms with Gasteiger partial charge in [-0.1, -0.05) is 66.2 Å². The molecule has 0 heterocycles. The normalized spacial score (nSPS) is 11.4. The number of hydrogen-bond donors (Lipinski definition) is 2. The summed E-state index contributed by atoms with van der Waals surface area (Å²) in [5.41, 5.74) is 5.83. The summed E-state index contributed by atoms with van der Waals surface area (Å²) < 4.78 is 33.3. The third kappa shape index (κ3) is 9.12. The number of anilines is 1. The van der Waals surface area contributed by atoms with Gasteiger partial charge in [0, 0.05) is 12.2 Å². The molecule has 42 heavy (non-hydrogen) atoms. The number of carbonyl (C=O) groups is 2. The second-order valence-corrected chi connectivity index (χ2v) is 11.4. The maximum atomic E-state index is 13.3. The molecule has 0 saturated carbocycles. The maximum absolute atomic E-state index is 13.3. The number of benzene rings is 4. The Hall–Kier alpha value is -4.80. The minimum Gasteiger partial charge on any atom is -0.484 e. The molecule has 0 atom stereocenters. The van der Waals surface area contributed by atoms with E-state index in [0.717, 1.165) is 15.4 Å². The number of amides is 2. The van der Waals surface area contributed by atoms with E-state index in [1.54, 1.807) is 42.5 Å². The Labute approximate surface area is 245 Å². The van der Waals surface area contributed by atoms with Crippen molar-refractivity contribution in [2.24, 2.45) is 5.10 Å². The van der Waals surface area contributed by atoms with Crippen LogP contribution in [0.2, 0.25) is 0 Å². The summed E-state index contributed by atoms with van der Waals surface area (Å²) in [6, 6.07) is 31.8. The smallest absolute Gasteiger partial charge is 0.262 e. The lowest BCUT2D eigenvalue weighted by molar-refractivity contribution is -0.121. The number of nitrogens with one attached hydrogen (secondary N) is 2. The number of nitrogens with zero attached hydrogens (tertiary/aromatic N) is 2. The molecule has 10 heteroatoms. The highest BCUT2D eigenvalue weighted by Gasteiger charge is 2.26. The fourth-order valence-electron chi connectivity index (χ4n) is 3.93. The van der Waals surface area contributed by atoms with Crippen molar-refractivity contribution in [3.63, 3.8) is 0 Å². The number of hydrazone groups is 1. The van der Waals surface area contributed by atoms with Crippen molar-refractivity contribution in [1.29, 1.82) is 0 Å². The van der Waals surface area contributed by atoms with Crippen LogP contribution in [0, 0.1) is 6.92 Å². The highest BCUT2D eigenvalue weighted by molar-refractivity contribution is 7.89. The topological polar surface area (TPSA) is 117 Å². The fraction of sp³-hybridized carbons (Fsp3) is 0.156. The van der Waals surface area contributed by atoms with Crippen molar-refractivity contribution < 1.29 is 22.7 Å². The first-order valence-electron chi connectivity index (χ1n) is 13.3. The standard InChI is InChI=1S/C32H32N4O5S/c1-25-12-16-28(17-13-25)34-32(38)24-41-29-18-14-27(15-19-29)22-33-35-31(37)23-36(21-20-26-8-4-2-5-9-26)42(39,40)30-10-6-3-7-11-30/h2-19,22H,20-21,23-24H2,1H3,(H,34,38)(H,35,37)/b33-22+. The zero-order valence-corrected chi connectivity index (χ0v) is 24.0. The molecule has 0 spiro atoms. The van der Waals surface area contributed by atoms with E-state index in [-0.39, 0.29) is 24.0 Å². The van der Waals surface area contributed by atoms with E-state index in [1.807, 2.05) is 61.5 Å². The van der Waals surface area contributed by atoms with Gasteiger partial charge < -0.3 is 10.1 Å². The maximum Gasteiger partial charge on any atom is 0.262 e. The molecule has 0 radical (unpaired) electrons. The van der Waals surface area contributed by atoms with Crippen LogP contribution in [-0.2, 0) is 26.0 Å². The molecule has 216 valence electrons. The fourth-order valence-corrected chi connectivity index (χ4v) is 5.35. The third-order valence-electron chi connectivity index (χ3n) is 6.18. The molecule has 2 N–H and O–H groups in total. The van der Waals surface area contributed by atoms with Crippen molar-refractivity contribution in [3.05, 3.63) is 126 Å². The van der Waals surface area contributed by atoms with Crippen molar-refractivity contribution in [2.75, 3.05) is 25.0 Å². The predicted octanol–water partition coefficient (Wildman–Crippen LogP) is 4.40. The molecule has 2 amide bonds. The molecular weight excluding hydrogens is 552 g/mol. The van der Waals surface area contributed by atoms with E-state index in [0.29, 0.717) is 23.4 Å². The van der Waals surface area contributed by atoms with Gasteiger partial charge in [0.25, 0.3) is 11.8 Å². The average molecular weight is 585 g/mol. The molecule has 0 aliphatic rings. The summed E-state index contributed by atoms with van der Waals surface area (Å²) in [4.78, 5) is 24.9. The van der Waals surface area contributed by atoms with Crippen LogP contribution < -0.4 is 15.5 Å². The van der Waals surface area contributed by atoms with E-state index in [1.165, 1.54) is 18.3 Å². The van der Waals surface area contributed by atoms with E-state index < -0.39 is 22.5 Å². The van der Waals surface area contributed by atoms with Crippen LogP contribution in [0.4, 0.5) is 5.69 Å². The second kappa shape index (κ2) is 14.7. The van der Waals surface area contributed by atoms with Crippen LogP contribution >= 0.6 is 0 Å². The first-order valence-corrected chi connectivity index (χ1v) is 14.7. The second-order valence-electron chi connectivity index (χ2n) is 9.45. The summed E-state index contributed by atoms with van der Waals surface area (Å²) >= 11 is 0. The van der Waals surface area contributed by atoms with Crippen LogP contribution in [0.1, 0.15) is 16.7 Å². The molecule has 0 aliphatic carbocycles. The van der Waals surface area contributed by atoms with Gasteiger partial charge in [-0.15, -0.1) is 0 Å². The van der Waals surface area contributed by atoms with Crippen molar-refractivity contribution in [3.8, 4) is 5.75 Å². The number of hydrogen-bond acceptors (Lipinski definition) is 6. The molecule has 4 aromatic rings. The highest BCUT2D eigenvalue weighted by Crippen LogP contribution is 2.16. The van der Waals surface area contributed by atoms with E-state index in [4.69, 9.17) is 4.74 Å². The van der Waals surface area contributed by atoms with Crippen LogP contribution in [0.25, 0.3) is 0 Å². The molecule has 0 aromatic heterocycles. The first-order chi connectivity index (χ1) is 20.3. The van der Waals surface area contributed by atoms with Gasteiger partial charge in [-0.05, 0) is 73.0 Å². The molecular formula is C32H32N4O5S. The van der Waals surface area contributed by atoms with Gasteiger partial charge in [0.2, 0.25) is 10.0 Å². The number of carbonyl (C=O) groups excluding carboxylic acids is 2. The minimum absolute atomic E-state index is 0.115. The highest BCUT2D eigenvalue weighted by atomic mass is 32.2. The summed E-state index contributed by atoms with van der Waals surface area (Å²) in [6.45, 7) is 1.56. The third-order valence-corrected chi connectivity index (χ3v) is 8.04. The van der Waals surface area contributed by atoms with E-state index in [9.17, 15) is 18.0 Å². The van der Waals surface area contributed by atoms with Gasteiger partial charge in [0.05, 0.1) is 17.7 Å². The number of ether oxygens (including phenoxy) is 1. The van der Waals surface area contributed by atoms with Gasteiger partial charge in [0.15, 0.2) is 6.61 Å².